The fourth-order valence-corrected chi connectivity index (χ4v) is 0.933. The molecule has 1 aromatic rings. The first kappa shape index (κ1) is 9.92. The van der Waals surface area contributed by atoms with Crippen LogP contribution in [0.1, 0.15) is 6.92 Å². The number of hydrogen-bond donors (Lipinski definition) is 0. The second kappa shape index (κ2) is 4.77. The van der Waals surface area contributed by atoms with Crippen LogP contribution in [0.15, 0.2) is 18.3 Å². The molecule has 0 amide bonds. The Morgan fingerprint density at radius 1 is 1.54 bits per heavy atom. The van der Waals surface area contributed by atoms with Gasteiger partial charge in [-0.3, -0.25) is 0 Å². The number of pyridine rings is 1. The molecular weight excluding hydrogens is 173 g/mol. The van der Waals surface area contributed by atoms with Gasteiger partial charge < -0.3 is 9.47 Å². The molecule has 0 aliphatic heterocycles. The molecule has 0 fully saturated rings. The molecule has 4 heteroatoms. The summed E-state index contributed by atoms with van der Waals surface area (Å²) in [4.78, 5) is 3.46. The predicted octanol–water partition coefficient (Wildman–Crippen LogP) is 1.63. The van der Waals surface area contributed by atoms with Gasteiger partial charge in [-0.1, -0.05) is 0 Å². The van der Waals surface area contributed by atoms with E-state index in [9.17, 15) is 4.39 Å². The van der Waals surface area contributed by atoms with Gasteiger partial charge in [0.2, 0.25) is 5.95 Å². The molecule has 1 unspecified atom stereocenters. The van der Waals surface area contributed by atoms with Crippen molar-refractivity contribution in [3.05, 3.63) is 24.3 Å². The maximum absolute atomic E-state index is 12.4. The number of hydrogen-bond acceptors (Lipinski definition) is 3. The van der Waals surface area contributed by atoms with E-state index in [0.29, 0.717) is 12.4 Å². The van der Waals surface area contributed by atoms with Crippen LogP contribution >= 0.6 is 0 Å². The minimum Gasteiger partial charge on any atom is -0.487 e. The molecule has 3 nitrogen and oxygen atoms in total. The highest BCUT2D eigenvalue weighted by Gasteiger charge is 2.03. The number of ether oxygens (including phenoxy) is 2. The van der Waals surface area contributed by atoms with Gasteiger partial charge in [-0.2, -0.15) is 4.39 Å². The van der Waals surface area contributed by atoms with Crippen LogP contribution in [0.5, 0.6) is 5.75 Å². The summed E-state index contributed by atoms with van der Waals surface area (Å²) >= 11 is 0. The quantitative estimate of drug-likeness (QED) is 0.668. The van der Waals surface area contributed by atoms with Crippen molar-refractivity contribution in [3.63, 3.8) is 0 Å². The number of halogens is 1. The summed E-state index contributed by atoms with van der Waals surface area (Å²) in [6, 6.07) is 2.79. The summed E-state index contributed by atoms with van der Waals surface area (Å²) in [7, 11) is 1.60. The van der Waals surface area contributed by atoms with E-state index in [1.54, 1.807) is 7.11 Å². The van der Waals surface area contributed by atoms with E-state index in [0.717, 1.165) is 0 Å². The Morgan fingerprint density at radius 3 is 2.85 bits per heavy atom. The van der Waals surface area contributed by atoms with Crippen molar-refractivity contribution in [2.45, 2.75) is 13.0 Å². The maximum atomic E-state index is 12.4. The molecule has 0 aliphatic rings. The van der Waals surface area contributed by atoms with Crippen LogP contribution < -0.4 is 4.74 Å². The van der Waals surface area contributed by atoms with Crippen LogP contribution in [-0.2, 0) is 4.74 Å². The van der Waals surface area contributed by atoms with Gasteiger partial charge in [-0.15, -0.1) is 0 Å². The molecule has 0 saturated heterocycles. The van der Waals surface area contributed by atoms with Crippen LogP contribution in [0.3, 0.4) is 0 Å². The first-order valence-corrected chi connectivity index (χ1v) is 3.99. The summed E-state index contributed by atoms with van der Waals surface area (Å²) in [5, 5.41) is 0. The Balaban J connectivity index is 2.49. The third-order valence-corrected chi connectivity index (χ3v) is 1.44. The zero-order valence-electron chi connectivity index (χ0n) is 7.66. The van der Waals surface area contributed by atoms with Crippen molar-refractivity contribution in [1.82, 2.24) is 4.98 Å². The molecule has 1 aromatic heterocycles. The lowest BCUT2D eigenvalue weighted by Gasteiger charge is -2.12. The van der Waals surface area contributed by atoms with Crippen molar-refractivity contribution < 1.29 is 13.9 Å². The van der Waals surface area contributed by atoms with Gasteiger partial charge in [-0.25, -0.2) is 4.98 Å². The molecule has 0 spiro atoms. The Kier molecular flexibility index (Phi) is 3.64. The normalized spacial score (nSPS) is 12.5. The largest absolute Gasteiger partial charge is 0.487 e. The molecule has 0 saturated carbocycles. The van der Waals surface area contributed by atoms with Gasteiger partial charge in [0.25, 0.3) is 0 Å². The highest BCUT2D eigenvalue weighted by Crippen LogP contribution is 2.10. The summed E-state index contributed by atoms with van der Waals surface area (Å²) in [6.07, 6.45) is 1.29. The van der Waals surface area contributed by atoms with Gasteiger partial charge in [0.15, 0.2) is 0 Å². The Bertz CT molecular complexity index is 250. The summed E-state index contributed by atoms with van der Waals surface area (Å²) in [5.41, 5.74) is 0. The number of nitrogens with zero attached hydrogens (tertiary/aromatic N) is 1. The standard InChI is InChI=1S/C9H12FNO2/c1-7(6-12-2)13-8-3-4-9(10)11-5-8/h3-5,7H,6H2,1-2H3. The van der Waals surface area contributed by atoms with Gasteiger partial charge in [0, 0.05) is 7.11 Å². The zero-order valence-corrected chi connectivity index (χ0v) is 7.66. The Labute approximate surface area is 76.5 Å². The molecule has 0 N–H and O–H groups in total. The molecular formula is C9H12FNO2. The smallest absolute Gasteiger partial charge is 0.213 e. The van der Waals surface area contributed by atoms with E-state index in [4.69, 9.17) is 9.47 Å². The van der Waals surface area contributed by atoms with E-state index in [2.05, 4.69) is 4.98 Å². The predicted molar refractivity (Wildman–Crippen MR) is 46.2 cm³/mol. The number of aromatic nitrogens is 1. The van der Waals surface area contributed by atoms with Crippen LogP contribution in [0, 0.1) is 5.95 Å². The molecule has 1 rings (SSSR count). The van der Waals surface area contributed by atoms with Crippen molar-refractivity contribution >= 4 is 0 Å². The van der Waals surface area contributed by atoms with Crippen LogP contribution in [0.25, 0.3) is 0 Å². The average Bonchev–Trinajstić information content (AvgIpc) is 2.09. The van der Waals surface area contributed by atoms with Crippen molar-refractivity contribution in [1.29, 1.82) is 0 Å². The van der Waals surface area contributed by atoms with E-state index in [-0.39, 0.29) is 6.10 Å². The Hall–Kier alpha value is -1.16. The Morgan fingerprint density at radius 2 is 2.31 bits per heavy atom. The monoisotopic (exact) mass is 185 g/mol. The minimum atomic E-state index is -0.508. The van der Waals surface area contributed by atoms with E-state index >= 15 is 0 Å². The van der Waals surface area contributed by atoms with Crippen molar-refractivity contribution in [3.8, 4) is 5.75 Å². The van der Waals surface area contributed by atoms with Gasteiger partial charge in [0.1, 0.15) is 11.9 Å². The third kappa shape index (κ3) is 3.38. The third-order valence-electron chi connectivity index (χ3n) is 1.44. The fourth-order valence-electron chi connectivity index (χ4n) is 0.933. The average molecular weight is 185 g/mol. The van der Waals surface area contributed by atoms with Gasteiger partial charge in [0.05, 0.1) is 12.8 Å². The second-order valence-electron chi connectivity index (χ2n) is 2.70. The minimum absolute atomic E-state index is 0.0581. The lowest BCUT2D eigenvalue weighted by molar-refractivity contribution is 0.0917. The lowest BCUT2D eigenvalue weighted by Crippen LogP contribution is -2.17. The van der Waals surface area contributed by atoms with Gasteiger partial charge in [-0.05, 0) is 19.1 Å². The van der Waals surface area contributed by atoms with Crippen molar-refractivity contribution in [2.24, 2.45) is 0 Å². The van der Waals surface area contributed by atoms with Crippen molar-refractivity contribution in [2.75, 3.05) is 13.7 Å². The molecule has 72 valence electrons. The summed E-state index contributed by atoms with van der Waals surface area (Å²) in [6.45, 7) is 2.37. The van der Waals surface area contributed by atoms with E-state index in [1.807, 2.05) is 6.92 Å². The molecule has 1 heterocycles. The summed E-state index contributed by atoms with van der Waals surface area (Å²) < 4.78 is 22.6. The van der Waals surface area contributed by atoms with Crippen LogP contribution in [0.2, 0.25) is 0 Å². The van der Waals surface area contributed by atoms with Gasteiger partial charge >= 0.3 is 0 Å². The second-order valence-corrected chi connectivity index (χ2v) is 2.70. The SMILES string of the molecule is COCC(C)Oc1ccc(F)nc1. The van der Waals surface area contributed by atoms with Crippen LogP contribution in [-0.4, -0.2) is 24.8 Å². The number of methoxy groups -OCH3 is 1. The highest BCUT2D eigenvalue weighted by molar-refractivity contribution is 5.16. The molecule has 13 heavy (non-hydrogen) atoms. The molecule has 0 aliphatic carbocycles. The molecule has 1 atom stereocenters. The summed E-state index contributed by atoms with van der Waals surface area (Å²) in [5.74, 6) is 0.0395. The molecule has 0 bridgehead atoms. The van der Waals surface area contributed by atoms with E-state index in [1.165, 1.54) is 18.3 Å². The van der Waals surface area contributed by atoms with E-state index < -0.39 is 5.95 Å². The maximum Gasteiger partial charge on any atom is 0.213 e. The molecule has 0 aromatic carbocycles. The zero-order chi connectivity index (χ0) is 9.68. The topological polar surface area (TPSA) is 31.4 Å². The first-order valence-electron chi connectivity index (χ1n) is 3.99. The fraction of sp³-hybridized carbons (Fsp3) is 0.444. The first-order chi connectivity index (χ1) is 6.22. The van der Waals surface area contributed by atoms with Crippen LogP contribution in [0.4, 0.5) is 4.39 Å². The molecule has 0 radical (unpaired) electrons. The number of rotatable bonds is 4. The highest BCUT2D eigenvalue weighted by atomic mass is 19.1. The lowest BCUT2D eigenvalue weighted by atomic mass is 10.4.